The summed E-state index contributed by atoms with van der Waals surface area (Å²) in [4.78, 5) is 22.6. The average Bonchev–Trinajstić information content (AvgIpc) is 3.35. The minimum absolute atomic E-state index is 0.122. The van der Waals surface area contributed by atoms with Gasteiger partial charge in [0.05, 0.1) is 0 Å². The number of aliphatic carboxylic acids is 1. The molecule has 2 N–H and O–H groups in total. The molecule has 112 valence electrons. The van der Waals surface area contributed by atoms with Gasteiger partial charge in [0.2, 0.25) is 0 Å². The van der Waals surface area contributed by atoms with E-state index in [1.54, 1.807) is 24.3 Å². The van der Waals surface area contributed by atoms with Crippen molar-refractivity contribution in [1.82, 2.24) is 5.32 Å². The minimum atomic E-state index is -1.04. The Morgan fingerprint density at radius 1 is 1.33 bits per heavy atom. The third kappa shape index (κ3) is 3.35. The summed E-state index contributed by atoms with van der Waals surface area (Å²) in [7, 11) is 0. The second-order valence-electron chi connectivity index (χ2n) is 6.03. The van der Waals surface area contributed by atoms with Crippen LogP contribution in [-0.4, -0.2) is 30.1 Å². The molecule has 21 heavy (non-hydrogen) atoms. The van der Waals surface area contributed by atoms with Crippen molar-refractivity contribution in [3.8, 4) is 5.75 Å². The minimum Gasteiger partial charge on any atom is -0.482 e. The van der Waals surface area contributed by atoms with E-state index in [2.05, 4.69) is 5.32 Å². The smallest absolute Gasteiger partial charge is 0.341 e. The molecule has 0 radical (unpaired) electrons. The molecule has 1 aromatic rings. The van der Waals surface area contributed by atoms with Crippen molar-refractivity contribution in [2.45, 2.75) is 25.7 Å². The maximum absolute atomic E-state index is 12.2. The number of ether oxygens (including phenoxy) is 1. The third-order valence-corrected chi connectivity index (χ3v) is 4.40. The molecule has 0 bridgehead atoms. The van der Waals surface area contributed by atoms with Gasteiger partial charge in [-0.25, -0.2) is 4.79 Å². The highest BCUT2D eigenvalue weighted by Gasteiger charge is 2.53. The van der Waals surface area contributed by atoms with Crippen molar-refractivity contribution >= 4 is 11.9 Å². The fourth-order valence-corrected chi connectivity index (χ4v) is 2.82. The largest absolute Gasteiger partial charge is 0.482 e. The highest BCUT2D eigenvalue weighted by atomic mass is 16.5. The van der Waals surface area contributed by atoms with Gasteiger partial charge in [-0.05, 0) is 55.2 Å². The summed E-state index contributed by atoms with van der Waals surface area (Å²) in [6, 6.07) is 6.63. The van der Waals surface area contributed by atoms with E-state index < -0.39 is 12.6 Å². The molecule has 0 saturated heterocycles. The van der Waals surface area contributed by atoms with Gasteiger partial charge in [-0.15, -0.1) is 0 Å². The van der Waals surface area contributed by atoms with Crippen LogP contribution in [0.1, 0.15) is 36.0 Å². The van der Waals surface area contributed by atoms with Crippen LogP contribution in [0.2, 0.25) is 0 Å². The highest BCUT2D eigenvalue weighted by Crippen LogP contribution is 2.60. The van der Waals surface area contributed by atoms with Crippen LogP contribution in [0.4, 0.5) is 0 Å². The molecule has 0 aliphatic heterocycles. The first-order valence-corrected chi connectivity index (χ1v) is 7.32. The third-order valence-electron chi connectivity index (χ3n) is 4.40. The molecule has 0 unspecified atom stereocenters. The SMILES string of the molecule is O=C(O)COc1cccc(C(=O)NCC2(C3CC3)CC2)c1. The highest BCUT2D eigenvalue weighted by molar-refractivity contribution is 5.94. The van der Waals surface area contributed by atoms with Gasteiger partial charge in [0.1, 0.15) is 5.75 Å². The number of carbonyl (C=O) groups excluding carboxylic acids is 1. The lowest BCUT2D eigenvalue weighted by atomic mass is 10.0. The Kier molecular flexibility index (Phi) is 3.57. The van der Waals surface area contributed by atoms with Crippen LogP contribution in [0.25, 0.3) is 0 Å². The number of amides is 1. The van der Waals surface area contributed by atoms with Gasteiger partial charge in [0.15, 0.2) is 6.61 Å². The maximum Gasteiger partial charge on any atom is 0.341 e. The van der Waals surface area contributed by atoms with E-state index in [9.17, 15) is 9.59 Å². The Hall–Kier alpha value is -2.04. The Morgan fingerprint density at radius 3 is 2.71 bits per heavy atom. The molecular weight excluding hydrogens is 270 g/mol. The number of carbonyl (C=O) groups is 2. The monoisotopic (exact) mass is 289 g/mol. The van der Waals surface area contributed by atoms with Crippen LogP contribution in [0.3, 0.4) is 0 Å². The van der Waals surface area contributed by atoms with E-state index in [0.717, 1.165) is 12.5 Å². The lowest BCUT2D eigenvalue weighted by Crippen LogP contribution is -2.31. The number of nitrogens with one attached hydrogen (secondary N) is 1. The zero-order chi connectivity index (χ0) is 14.9. The molecule has 2 aliphatic rings. The maximum atomic E-state index is 12.2. The Bertz CT molecular complexity index is 561. The van der Waals surface area contributed by atoms with Crippen molar-refractivity contribution in [3.05, 3.63) is 29.8 Å². The fourth-order valence-electron chi connectivity index (χ4n) is 2.82. The van der Waals surface area contributed by atoms with Gasteiger partial charge in [0, 0.05) is 12.1 Å². The van der Waals surface area contributed by atoms with Crippen molar-refractivity contribution in [1.29, 1.82) is 0 Å². The van der Waals surface area contributed by atoms with E-state index in [0.29, 0.717) is 16.7 Å². The predicted molar refractivity (Wildman–Crippen MR) is 76.3 cm³/mol. The molecule has 2 aliphatic carbocycles. The van der Waals surface area contributed by atoms with Gasteiger partial charge in [-0.2, -0.15) is 0 Å². The number of benzene rings is 1. The van der Waals surface area contributed by atoms with Crippen molar-refractivity contribution < 1.29 is 19.4 Å². The lowest BCUT2D eigenvalue weighted by Gasteiger charge is -2.15. The van der Waals surface area contributed by atoms with E-state index in [1.165, 1.54) is 25.7 Å². The van der Waals surface area contributed by atoms with E-state index in [4.69, 9.17) is 9.84 Å². The molecular formula is C16H19NO4. The average molecular weight is 289 g/mol. The zero-order valence-electron chi connectivity index (χ0n) is 11.8. The van der Waals surface area contributed by atoms with E-state index in [-0.39, 0.29) is 5.91 Å². The molecule has 1 aromatic carbocycles. The summed E-state index contributed by atoms with van der Waals surface area (Å²) >= 11 is 0. The topological polar surface area (TPSA) is 75.6 Å². The lowest BCUT2D eigenvalue weighted by molar-refractivity contribution is -0.139. The quantitative estimate of drug-likeness (QED) is 0.805. The molecule has 5 heteroatoms. The molecule has 3 rings (SSSR count). The first-order chi connectivity index (χ1) is 10.1. The summed E-state index contributed by atoms with van der Waals surface area (Å²) in [5.41, 5.74) is 0.872. The fraction of sp³-hybridized carbons (Fsp3) is 0.500. The van der Waals surface area contributed by atoms with Gasteiger partial charge in [-0.3, -0.25) is 4.79 Å². The van der Waals surface area contributed by atoms with Crippen LogP contribution in [0.15, 0.2) is 24.3 Å². The molecule has 2 fully saturated rings. The van der Waals surface area contributed by atoms with Gasteiger partial charge in [0.25, 0.3) is 5.91 Å². The van der Waals surface area contributed by atoms with Gasteiger partial charge < -0.3 is 15.2 Å². The Morgan fingerprint density at radius 2 is 2.10 bits per heavy atom. The van der Waals surface area contributed by atoms with Crippen molar-refractivity contribution in [2.75, 3.05) is 13.2 Å². The van der Waals surface area contributed by atoms with Crippen LogP contribution in [0.5, 0.6) is 5.75 Å². The summed E-state index contributed by atoms with van der Waals surface area (Å²) in [6.45, 7) is 0.340. The number of rotatable bonds is 7. The Balaban J connectivity index is 1.56. The van der Waals surface area contributed by atoms with Crippen LogP contribution in [-0.2, 0) is 4.79 Å². The summed E-state index contributed by atoms with van der Waals surface area (Å²) in [5, 5.41) is 11.6. The van der Waals surface area contributed by atoms with E-state index >= 15 is 0 Å². The van der Waals surface area contributed by atoms with Crippen LogP contribution in [0, 0.1) is 11.3 Å². The molecule has 0 spiro atoms. The predicted octanol–water partition coefficient (Wildman–Crippen LogP) is 2.07. The number of hydrogen-bond donors (Lipinski definition) is 2. The summed E-state index contributed by atoms with van der Waals surface area (Å²) < 4.78 is 5.08. The van der Waals surface area contributed by atoms with Gasteiger partial charge >= 0.3 is 5.97 Å². The molecule has 2 saturated carbocycles. The van der Waals surface area contributed by atoms with Crippen molar-refractivity contribution in [3.63, 3.8) is 0 Å². The summed E-state index contributed by atoms with van der Waals surface area (Å²) in [6.07, 6.45) is 5.04. The first kappa shape index (κ1) is 13.9. The normalized spacial score (nSPS) is 18.9. The second-order valence-corrected chi connectivity index (χ2v) is 6.03. The molecule has 1 amide bonds. The van der Waals surface area contributed by atoms with Crippen LogP contribution >= 0.6 is 0 Å². The summed E-state index contributed by atoms with van der Waals surface area (Å²) in [5.74, 6) is 0.0454. The number of carboxylic acid groups (broad SMARTS) is 1. The molecule has 0 heterocycles. The zero-order valence-corrected chi connectivity index (χ0v) is 11.8. The molecule has 0 atom stereocenters. The first-order valence-electron chi connectivity index (χ1n) is 7.32. The Labute approximate surface area is 123 Å². The number of hydrogen-bond acceptors (Lipinski definition) is 3. The molecule has 0 aromatic heterocycles. The molecule has 5 nitrogen and oxygen atoms in total. The van der Waals surface area contributed by atoms with Gasteiger partial charge in [-0.1, -0.05) is 6.07 Å². The van der Waals surface area contributed by atoms with E-state index in [1.807, 2.05) is 0 Å². The van der Waals surface area contributed by atoms with Crippen molar-refractivity contribution in [2.24, 2.45) is 11.3 Å². The second kappa shape index (κ2) is 5.39. The van der Waals surface area contributed by atoms with Crippen LogP contribution < -0.4 is 10.1 Å². The standard InChI is InChI=1S/C16H19NO4/c18-14(19)9-21-13-3-1-2-11(8-13)15(20)17-10-16(6-7-16)12-4-5-12/h1-3,8,12H,4-7,9-10H2,(H,17,20)(H,18,19). The number of carboxylic acids is 1.